The molecule has 0 heterocycles. The van der Waals surface area contributed by atoms with Crippen molar-refractivity contribution in [2.24, 2.45) is 0 Å². The predicted molar refractivity (Wildman–Crippen MR) is 95.6 cm³/mol. The number of rotatable bonds is 5. The number of ether oxygens (including phenoxy) is 1. The van der Waals surface area contributed by atoms with Crippen molar-refractivity contribution in [2.45, 2.75) is 0 Å². The number of benzene rings is 2. The molecule has 0 atom stereocenters. The molecule has 0 aliphatic carbocycles. The molecule has 0 radical (unpaired) electrons. The summed E-state index contributed by atoms with van der Waals surface area (Å²) in [5.41, 5.74) is 1.06. The first-order valence-electron chi connectivity index (χ1n) is 6.91. The summed E-state index contributed by atoms with van der Waals surface area (Å²) in [6.45, 7) is 0. The number of carbonyl (C=O) groups excluding carboxylic acids is 1. The quantitative estimate of drug-likeness (QED) is 0.880. The van der Waals surface area contributed by atoms with Crippen molar-refractivity contribution < 1.29 is 17.9 Å². The van der Waals surface area contributed by atoms with Gasteiger partial charge in [0.15, 0.2) is 0 Å². The number of sulfonamides is 1. The Morgan fingerprint density at radius 1 is 1.21 bits per heavy atom. The largest absolute Gasteiger partial charge is 0.497 e. The summed E-state index contributed by atoms with van der Waals surface area (Å²) in [6, 6.07) is 11.3. The maximum absolute atomic E-state index is 12.5. The molecule has 0 fully saturated rings. The molecule has 1 amide bonds. The number of anilines is 2. The van der Waals surface area contributed by atoms with Gasteiger partial charge in [0.05, 0.1) is 29.6 Å². The zero-order chi connectivity index (χ0) is 17.9. The van der Waals surface area contributed by atoms with E-state index in [2.05, 4.69) is 5.32 Å². The normalized spacial score (nSPS) is 11.0. The topological polar surface area (TPSA) is 75.7 Å². The van der Waals surface area contributed by atoms with Crippen molar-refractivity contribution in [2.75, 3.05) is 30.0 Å². The van der Waals surface area contributed by atoms with Gasteiger partial charge in [0.1, 0.15) is 5.75 Å². The van der Waals surface area contributed by atoms with E-state index in [1.54, 1.807) is 24.3 Å². The molecule has 0 aromatic heterocycles. The lowest BCUT2D eigenvalue weighted by molar-refractivity contribution is 0.102. The smallest absolute Gasteiger partial charge is 0.257 e. The Kier molecular flexibility index (Phi) is 5.36. The van der Waals surface area contributed by atoms with E-state index in [1.807, 2.05) is 0 Å². The minimum Gasteiger partial charge on any atom is -0.497 e. The first kappa shape index (κ1) is 18.1. The van der Waals surface area contributed by atoms with Crippen LogP contribution in [0.3, 0.4) is 0 Å². The van der Waals surface area contributed by atoms with E-state index < -0.39 is 15.9 Å². The maximum Gasteiger partial charge on any atom is 0.257 e. The molecule has 24 heavy (non-hydrogen) atoms. The maximum atomic E-state index is 12.5. The number of methoxy groups -OCH3 is 1. The summed E-state index contributed by atoms with van der Waals surface area (Å²) in [5, 5.41) is 2.93. The van der Waals surface area contributed by atoms with E-state index in [9.17, 15) is 13.2 Å². The Balaban J connectivity index is 2.31. The number of hydrogen-bond donors (Lipinski definition) is 1. The molecule has 0 bridgehead atoms. The monoisotopic (exact) mass is 368 g/mol. The van der Waals surface area contributed by atoms with Gasteiger partial charge in [-0.05, 0) is 30.3 Å². The molecule has 0 saturated heterocycles. The van der Waals surface area contributed by atoms with E-state index in [1.165, 1.54) is 32.4 Å². The molecular weight excluding hydrogens is 352 g/mol. The van der Waals surface area contributed by atoms with Gasteiger partial charge in [-0.2, -0.15) is 0 Å². The van der Waals surface area contributed by atoms with Crippen LogP contribution in [0.15, 0.2) is 42.5 Å². The fourth-order valence-corrected chi connectivity index (χ4v) is 2.67. The fraction of sp³-hybridized carbons (Fsp3) is 0.188. The van der Waals surface area contributed by atoms with Crippen LogP contribution in [-0.2, 0) is 10.0 Å². The third kappa shape index (κ3) is 4.18. The third-order valence-corrected chi connectivity index (χ3v) is 4.92. The van der Waals surface area contributed by atoms with Gasteiger partial charge in [-0.3, -0.25) is 9.10 Å². The van der Waals surface area contributed by atoms with Crippen LogP contribution >= 0.6 is 11.6 Å². The second kappa shape index (κ2) is 7.11. The number of nitrogens with zero attached hydrogens (tertiary/aromatic N) is 1. The number of amides is 1. The number of hydrogen-bond acceptors (Lipinski definition) is 4. The van der Waals surface area contributed by atoms with E-state index in [-0.39, 0.29) is 10.6 Å². The number of halogens is 1. The van der Waals surface area contributed by atoms with Crippen LogP contribution in [0.4, 0.5) is 11.4 Å². The van der Waals surface area contributed by atoms with E-state index in [4.69, 9.17) is 16.3 Å². The average Bonchev–Trinajstić information content (AvgIpc) is 2.53. The molecule has 2 rings (SSSR count). The van der Waals surface area contributed by atoms with Crippen LogP contribution in [0.2, 0.25) is 5.02 Å². The Bertz CT molecular complexity index is 868. The zero-order valence-corrected chi connectivity index (χ0v) is 15.0. The van der Waals surface area contributed by atoms with Crippen LogP contribution in [0, 0.1) is 0 Å². The van der Waals surface area contributed by atoms with Crippen LogP contribution in [0.25, 0.3) is 0 Å². The summed E-state index contributed by atoms with van der Waals surface area (Å²) in [5.74, 6) is 0.154. The van der Waals surface area contributed by atoms with Crippen LogP contribution in [0.1, 0.15) is 10.4 Å². The minimum atomic E-state index is -3.44. The Hall–Kier alpha value is -2.25. The molecule has 8 heteroatoms. The van der Waals surface area contributed by atoms with Crippen molar-refractivity contribution in [1.82, 2.24) is 0 Å². The lowest BCUT2D eigenvalue weighted by Gasteiger charge is -2.18. The molecule has 0 aliphatic heterocycles. The van der Waals surface area contributed by atoms with Crippen LogP contribution in [0.5, 0.6) is 5.75 Å². The van der Waals surface area contributed by atoms with E-state index >= 15 is 0 Å². The highest BCUT2D eigenvalue weighted by atomic mass is 35.5. The van der Waals surface area contributed by atoms with Gasteiger partial charge in [-0.15, -0.1) is 0 Å². The molecule has 0 unspecified atom stereocenters. The van der Waals surface area contributed by atoms with Crippen LogP contribution in [-0.4, -0.2) is 34.7 Å². The summed E-state index contributed by atoms with van der Waals surface area (Å²) in [4.78, 5) is 12.5. The van der Waals surface area contributed by atoms with Gasteiger partial charge in [0.25, 0.3) is 5.91 Å². The molecule has 2 aromatic carbocycles. The summed E-state index contributed by atoms with van der Waals surface area (Å²) in [6.07, 6.45) is 1.08. The lowest BCUT2D eigenvalue weighted by atomic mass is 10.1. The second-order valence-corrected chi connectivity index (χ2v) is 7.50. The van der Waals surface area contributed by atoms with Crippen molar-refractivity contribution in [1.29, 1.82) is 0 Å². The molecule has 1 N–H and O–H groups in total. The van der Waals surface area contributed by atoms with Gasteiger partial charge in [-0.1, -0.05) is 17.7 Å². The first-order chi connectivity index (χ1) is 11.2. The Morgan fingerprint density at radius 2 is 1.92 bits per heavy atom. The second-order valence-electron chi connectivity index (χ2n) is 5.08. The van der Waals surface area contributed by atoms with E-state index in [0.717, 1.165) is 10.6 Å². The van der Waals surface area contributed by atoms with Gasteiger partial charge in [0.2, 0.25) is 10.0 Å². The summed E-state index contributed by atoms with van der Waals surface area (Å²) in [7, 11) is -0.502. The Labute approximate surface area is 146 Å². The fourth-order valence-electron chi connectivity index (χ4n) is 1.97. The Morgan fingerprint density at radius 3 is 2.54 bits per heavy atom. The molecule has 128 valence electrons. The molecule has 0 spiro atoms. The standard InChI is InChI=1S/C16H17ClN2O4S/c1-19(24(3,21)22)12-7-8-15(17)14(10-12)16(20)18-11-5-4-6-13(9-11)23-2/h4-10H,1-3H3,(H,18,20). The van der Waals surface area contributed by atoms with Gasteiger partial charge < -0.3 is 10.1 Å². The lowest BCUT2D eigenvalue weighted by Crippen LogP contribution is -2.25. The molecule has 0 saturated carbocycles. The highest BCUT2D eigenvalue weighted by Gasteiger charge is 2.17. The van der Waals surface area contributed by atoms with Crippen molar-refractivity contribution in [3.05, 3.63) is 53.1 Å². The highest BCUT2D eigenvalue weighted by Crippen LogP contribution is 2.25. The predicted octanol–water partition coefficient (Wildman–Crippen LogP) is 3.00. The molecular formula is C16H17ClN2O4S. The first-order valence-corrected chi connectivity index (χ1v) is 9.14. The molecule has 6 nitrogen and oxygen atoms in total. The summed E-state index contributed by atoms with van der Waals surface area (Å²) >= 11 is 6.08. The molecule has 0 aliphatic rings. The summed E-state index contributed by atoms with van der Waals surface area (Å²) < 4.78 is 29.5. The number of carbonyl (C=O) groups is 1. The SMILES string of the molecule is COc1cccc(NC(=O)c2cc(N(C)S(C)(=O)=O)ccc2Cl)c1. The van der Waals surface area contributed by atoms with Crippen molar-refractivity contribution in [3.8, 4) is 5.75 Å². The van der Waals surface area contributed by atoms with Crippen molar-refractivity contribution in [3.63, 3.8) is 0 Å². The van der Waals surface area contributed by atoms with Gasteiger partial charge in [0, 0.05) is 18.8 Å². The van der Waals surface area contributed by atoms with Crippen LogP contribution < -0.4 is 14.4 Å². The minimum absolute atomic E-state index is 0.174. The zero-order valence-electron chi connectivity index (χ0n) is 13.4. The van der Waals surface area contributed by atoms with Gasteiger partial charge >= 0.3 is 0 Å². The van der Waals surface area contributed by atoms with Crippen molar-refractivity contribution >= 4 is 38.9 Å². The molecule has 2 aromatic rings. The average molecular weight is 369 g/mol. The third-order valence-electron chi connectivity index (χ3n) is 3.38. The number of nitrogens with one attached hydrogen (secondary N) is 1. The highest BCUT2D eigenvalue weighted by molar-refractivity contribution is 7.92. The van der Waals surface area contributed by atoms with E-state index in [0.29, 0.717) is 17.1 Å². The van der Waals surface area contributed by atoms with Gasteiger partial charge in [-0.25, -0.2) is 8.42 Å².